The Hall–Kier alpha value is -3.73. The molecule has 11 heteroatoms. The third-order valence-electron chi connectivity index (χ3n) is 4.52. The molecule has 0 aliphatic heterocycles. The average Bonchev–Trinajstić information content (AvgIpc) is 3.37. The van der Waals surface area contributed by atoms with Crippen LogP contribution in [-0.4, -0.2) is 44.0 Å². The van der Waals surface area contributed by atoms with Crippen LogP contribution >= 0.6 is 0 Å². The van der Waals surface area contributed by atoms with Crippen molar-refractivity contribution < 1.29 is 22.7 Å². The second kappa shape index (κ2) is 8.19. The zero-order valence-electron chi connectivity index (χ0n) is 16.3. The normalized spacial score (nSPS) is 11.7. The molecule has 0 radical (unpaired) electrons. The molecule has 31 heavy (non-hydrogen) atoms. The number of amides is 1. The van der Waals surface area contributed by atoms with Crippen LogP contribution in [0.25, 0.3) is 16.9 Å². The third kappa shape index (κ3) is 4.26. The molecule has 0 atom stereocenters. The highest BCUT2D eigenvalue weighted by atomic mass is 19.4. The minimum absolute atomic E-state index is 0.0693. The minimum Gasteiger partial charge on any atom is -0.383 e. The lowest BCUT2D eigenvalue weighted by molar-refractivity contribution is -0.137. The second-order valence-corrected chi connectivity index (χ2v) is 6.61. The Labute approximate surface area is 174 Å². The van der Waals surface area contributed by atoms with Crippen molar-refractivity contribution in [3.05, 3.63) is 66.2 Å². The SMILES string of the molecule is COCCn1cc(NC(=O)c2cnc3ccc(-c4ccccc4C(F)(F)F)nn23)cn1. The maximum atomic E-state index is 13.4. The van der Waals surface area contributed by atoms with Crippen LogP contribution in [0.3, 0.4) is 0 Å². The van der Waals surface area contributed by atoms with Gasteiger partial charge in [0.15, 0.2) is 11.3 Å². The van der Waals surface area contributed by atoms with Gasteiger partial charge in [0.2, 0.25) is 0 Å². The number of benzene rings is 1. The highest BCUT2D eigenvalue weighted by Gasteiger charge is 2.33. The van der Waals surface area contributed by atoms with Crippen molar-refractivity contribution in [1.82, 2.24) is 24.4 Å². The van der Waals surface area contributed by atoms with E-state index in [4.69, 9.17) is 4.74 Å². The zero-order chi connectivity index (χ0) is 22.0. The quantitative estimate of drug-likeness (QED) is 0.506. The van der Waals surface area contributed by atoms with Gasteiger partial charge in [-0.2, -0.15) is 23.4 Å². The summed E-state index contributed by atoms with van der Waals surface area (Å²) < 4.78 is 48.0. The van der Waals surface area contributed by atoms with Gasteiger partial charge in [-0.3, -0.25) is 9.48 Å². The Balaban J connectivity index is 1.65. The molecule has 3 aromatic heterocycles. The Kier molecular flexibility index (Phi) is 5.42. The number of alkyl halides is 3. The van der Waals surface area contributed by atoms with Crippen molar-refractivity contribution in [2.75, 3.05) is 19.0 Å². The number of ether oxygens (including phenoxy) is 1. The number of hydrogen-bond acceptors (Lipinski definition) is 5. The molecule has 8 nitrogen and oxygen atoms in total. The first-order valence-electron chi connectivity index (χ1n) is 9.21. The van der Waals surface area contributed by atoms with Crippen molar-refractivity contribution in [3.8, 4) is 11.3 Å². The number of carbonyl (C=O) groups is 1. The van der Waals surface area contributed by atoms with Crippen molar-refractivity contribution >= 4 is 17.2 Å². The number of methoxy groups -OCH3 is 1. The standard InChI is InChI=1S/C20H17F3N6O2/c1-31-9-8-28-12-13(10-25-28)26-19(30)17-11-24-18-7-6-16(27-29(17)18)14-4-2-3-5-15(14)20(21,22)23/h2-7,10-12H,8-9H2,1H3,(H,26,30). The van der Waals surface area contributed by atoms with Crippen LogP contribution in [0.1, 0.15) is 16.1 Å². The third-order valence-corrected chi connectivity index (χ3v) is 4.52. The molecule has 0 aliphatic rings. The molecule has 0 saturated heterocycles. The van der Waals surface area contributed by atoms with E-state index in [1.165, 1.54) is 47.2 Å². The molecule has 1 aromatic carbocycles. The van der Waals surface area contributed by atoms with Crippen molar-refractivity contribution in [3.63, 3.8) is 0 Å². The summed E-state index contributed by atoms with van der Waals surface area (Å²) in [5, 5.41) is 11.0. The van der Waals surface area contributed by atoms with Gasteiger partial charge in [0, 0.05) is 18.9 Å². The predicted molar refractivity (Wildman–Crippen MR) is 105 cm³/mol. The number of hydrogen-bond donors (Lipinski definition) is 1. The van der Waals surface area contributed by atoms with E-state index in [9.17, 15) is 18.0 Å². The monoisotopic (exact) mass is 430 g/mol. The molecule has 1 N–H and O–H groups in total. The van der Waals surface area contributed by atoms with Gasteiger partial charge < -0.3 is 10.1 Å². The molecule has 0 spiro atoms. The fourth-order valence-corrected chi connectivity index (χ4v) is 3.06. The van der Waals surface area contributed by atoms with Crippen LogP contribution in [-0.2, 0) is 17.5 Å². The first-order chi connectivity index (χ1) is 14.9. The molecule has 0 saturated carbocycles. The van der Waals surface area contributed by atoms with Crippen molar-refractivity contribution in [2.24, 2.45) is 0 Å². The van der Waals surface area contributed by atoms with Gasteiger partial charge in [0.05, 0.1) is 42.5 Å². The largest absolute Gasteiger partial charge is 0.417 e. The number of fused-ring (bicyclic) bond motifs is 1. The van der Waals surface area contributed by atoms with Crippen LogP contribution in [0.5, 0.6) is 0 Å². The molecule has 0 unspecified atom stereocenters. The van der Waals surface area contributed by atoms with E-state index in [1.807, 2.05) is 0 Å². The molecule has 4 rings (SSSR count). The second-order valence-electron chi connectivity index (χ2n) is 6.61. The summed E-state index contributed by atoms with van der Waals surface area (Å²) in [5.41, 5.74) is 0.0301. The van der Waals surface area contributed by atoms with Crippen molar-refractivity contribution in [1.29, 1.82) is 0 Å². The van der Waals surface area contributed by atoms with E-state index in [-0.39, 0.29) is 17.0 Å². The first-order valence-corrected chi connectivity index (χ1v) is 9.21. The van der Waals surface area contributed by atoms with Crippen LogP contribution in [0.15, 0.2) is 55.0 Å². The van der Waals surface area contributed by atoms with Gasteiger partial charge in [-0.1, -0.05) is 18.2 Å². The van der Waals surface area contributed by atoms with E-state index < -0.39 is 17.6 Å². The van der Waals surface area contributed by atoms with Gasteiger partial charge in [0.25, 0.3) is 5.91 Å². The van der Waals surface area contributed by atoms with Crippen LogP contribution in [0.4, 0.5) is 18.9 Å². The van der Waals surface area contributed by atoms with E-state index in [0.29, 0.717) is 24.5 Å². The van der Waals surface area contributed by atoms with Crippen molar-refractivity contribution in [2.45, 2.75) is 12.7 Å². The number of carbonyl (C=O) groups excluding carboxylic acids is 1. The lowest BCUT2D eigenvalue weighted by Crippen LogP contribution is -2.15. The molecule has 160 valence electrons. The molecule has 0 aliphatic carbocycles. The van der Waals surface area contributed by atoms with Gasteiger partial charge in [-0.25, -0.2) is 9.50 Å². The molecular weight excluding hydrogens is 413 g/mol. The summed E-state index contributed by atoms with van der Waals surface area (Å²) in [6.07, 6.45) is -0.106. The summed E-state index contributed by atoms with van der Waals surface area (Å²) >= 11 is 0. The Morgan fingerprint density at radius 2 is 1.97 bits per heavy atom. The van der Waals surface area contributed by atoms with Gasteiger partial charge in [0.1, 0.15) is 0 Å². The van der Waals surface area contributed by atoms with Gasteiger partial charge in [-0.15, -0.1) is 0 Å². The van der Waals surface area contributed by atoms with Crippen LogP contribution in [0, 0.1) is 0 Å². The predicted octanol–water partition coefficient (Wildman–Crippen LogP) is 3.51. The fraction of sp³-hybridized carbons (Fsp3) is 0.200. The smallest absolute Gasteiger partial charge is 0.383 e. The van der Waals surface area contributed by atoms with E-state index in [1.54, 1.807) is 18.0 Å². The zero-order valence-corrected chi connectivity index (χ0v) is 16.3. The highest BCUT2D eigenvalue weighted by Crippen LogP contribution is 2.36. The number of nitrogens with one attached hydrogen (secondary N) is 1. The van der Waals surface area contributed by atoms with E-state index in [0.717, 1.165) is 6.07 Å². The summed E-state index contributed by atoms with van der Waals surface area (Å²) in [7, 11) is 1.57. The molecule has 4 aromatic rings. The number of nitrogens with zero attached hydrogens (tertiary/aromatic N) is 5. The number of rotatable bonds is 6. The van der Waals surface area contributed by atoms with Gasteiger partial charge >= 0.3 is 6.18 Å². The summed E-state index contributed by atoms with van der Waals surface area (Å²) in [4.78, 5) is 16.8. The topological polar surface area (TPSA) is 86.3 Å². The first kappa shape index (κ1) is 20.5. The summed E-state index contributed by atoms with van der Waals surface area (Å²) in [5.74, 6) is -0.521. The van der Waals surface area contributed by atoms with Crippen LogP contribution < -0.4 is 5.32 Å². The summed E-state index contributed by atoms with van der Waals surface area (Å²) in [6.45, 7) is 0.986. The lowest BCUT2D eigenvalue weighted by Gasteiger charge is -2.12. The van der Waals surface area contributed by atoms with Gasteiger partial charge in [-0.05, 0) is 18.2 Å². The highest BCUT2D eigenvalue weighted by molar-refractivity contribution is 6.03. The van der Waals surface area contributed by atoms with E-state index in [2.05, 4.69) is 20.5 Å². The molecule has 3 heterocycles. The molecule has 0 fully saturated rings. The minimum atomic E-state index is -4.54. The number of anilines is 1. The van der Waals surface area contributed by atoms with Crippen LogP contribution in [0.2, 0.25) is 0 Å². The lowest BCUT2D eigenvalue weighted by atomic mass is 10.0. The van der Waals surface area contributed by atoms with E-state index >= 15 is 0 Å². The fourth-order valence-electron chi connectivity index (χ4n) is 3.06. The average molecular weight is 430 g/mol. The summed E-state index contributed by atoms with van der Waals surface area (Å²) in [6, 6.07) is 8.09. The number of aromatic nitrogens is 5. The molecule has 0 bridgehead atoms. The number of halogens is 3. The Morgan fingerprint density at radius 3 is 2.74 bits per heavy atom. The maximum Gasteiger partial charge on any atom is 0.417 e. The molecule has 1 amide bonds. The molecular formula is C20H17F3N6O2. The Morgan fingerprint density at radius 1 is 1.16 bits per heavy atom. The Bertz CT molecular complexity index is 1230. The maximum absolute atomic E-state index is 13.4. The number of imidazole rings is 1.